The van der Waals surface area contributed by atoms with Gasteiger partial charge < -0.3 is 4.74 Å². The molecule has 0 unspecified atom stereocenters. The van der Waals surface area contributed by atoms with Crippen LogP contribution < -0.4 is 0 Å². The molecule has 0 spiro atoms. The maximum atomic E-state index is 14.2. The summed E-state index contributed by atoms with van der Waals surface area (Å²) in [6.07, 6.45) is 3.08. The molecule has 4 heteroatoms. The highest BCUT2D eigenvalue weighted by atomic mass is 35.5. The lowest BCUT2D eigenvalue weighted by molar-refractivity contribution is -0.152. The number of esters is 1. The highest BCUT2D eigenvalue weighted by Gasteiger charge is 2.45. The second-order valence-corrected chi connectivity index (χ2v) is 6.41. The number of carbonyl (C=O) groups excluding carboxylic acids is 1. The molecule has 0 aromatic heterocycles. The lowest BCUT2D eigenvalue weighted by Crippen LogP contribution is -2.35. The summed E-state index contributed by atoms with van der Waals surface area (Å²) in [6, 6.07) is 13.7. The molecule has 1 saturated carbocycles. The van der Waals surface area contributed by atoms with E-state index in [0.717, 1.165) is 18.4 Å². The van der Waals surface area contributed by atoms with Crippen LogP contribution in [-0.4, -0.2) is 5.97 Å². The van der Waals surface area contributed by atoms with Crippen molar-refractivity contribution in [3.63, 3.8) is 0 Å². The van der Waals surface area contributed by atoms with E-state index in [0.29, 0.717) is 23.4 Å². The molecule has 0 radical (unpaired) electrons. The van der Waals surface area contributed by atoms with Gasteiger partial charge in [-0.05, 0) is 36.6 Å². The second-order valence-electron chi connectivity index (χ2n) is 5.97. The SMILES string of the molecule is O=C(OCc1ccc(Cl)cc1)C1(c2ccccc2F)CCCC1. The first-order valence-electron chi connectivity index (χ1n) is 7.78. The number of hydrogen-bond donors (Lipinski definition) is 0. The Bertz CT molecular complexity index is 691. The van der Waals surface area contributed by atoms with Crippen LogP contribution in [0.15, 0.2) is 48.5 Å². The number of hydrogen-bond acceptors (Lipinski definition) is 2. The molecule has 2 aromatic rings. The summed E-state index contributed by atoms with van der Waals surface area (Å²) in [6.45, 7) is 0.173. The highest BCUT2D eigenvalue weighted by molar-refractivity contribution is 6.30. The molecule has 0 aliphatic heterocycles. The molecule has 2 nitrogen and oxygen atoms in total. The average Bonchev–Trinajstić information content (AvgIpc) is 3.05. The number of ether oxygens (including phenoxy) is 1. The van der Waals surface area contributed by atoms with E-state index >= 15 is 0 Å². The van der Waals surface area contributed by atoms with E-state index in [4.69, 9.17) is 16.3 Å². The third-order valence-corrected chi connectivity index (χ3v) is 4.77. The molecule has 0 saturated heterocycles. The Labute approximate surface area is 140 Å². The third kappa shape index (κ3) is 3.25. The molecular formula is C19H18ClFO2. The monoisotopic (exact) mass is 332 g/mol. The standard InChI is InChI=1S/C19H18ClFO2/c20-15-9-7-14(8-10-15)13-23-18(22)19(11-3-4-12-19)16-5-1-2-6-17(16)21/h1-2,5-10H,3-4,11-13H2. The fourth-order valence-corrected chi connectivity index (χ4v) is 3.40. The van der Waals surface area contributed by atoms with Gasteiger partial charge in [-0.2, -0.15) is 0 Å². The molecule has 0 atom stereocenters. The van der Waals surface area contributed by atoms with E-state index in [2.05, 4.69) is 0 Å². The van der Waals surface area contributed by atoms with Gasteiger partial charge in [0.1, 0.15) is 12.4 Å². The quantitative estimate of drug-likeness (QED) is 0.734. The Balaban J connectivity index is 1.80. The van der Waals surface area contributed by atoms with E-state index in [1.807, 2.05) is 12.1 Å². The molecule has 2 aromatic carbocycles. The fourth-order valence-electron chi connectivity index (χ4n) is 3.28. The summed E-state index contributed by atoms with van der Waals surface area (Å²) in [5, 5.41) is 0.638. The predicted octanol–water partition coefficient (Wildman–Crippen LogP) is 5.03. The van der Waals surface area contributed by atoms with E-state index in [1.54, 1.807) is 30.3 Å². The van der Waals surface area contributed by atoms with Crippen LogP contribution in [0.2, 0.25) is 5.02 Å². The number of benzene rings is 2. The van der Waals surface area contributed by atoms with Crippen molar-refractivity contribution in [3.05, 3.63) is 70.5 Å². The molecule has 1 aliphatic rings. The molecular weight excluding hydrogens is 315 g/mol. The first-order chi connectivity index (χ1) is 11.1. The molecule has 120 valence electrons. The van der Waals surface area contributed by atoms with Gasteiger partial charge in [0.25, 0.3) is 0 Å². The first-order valence-corrected chi connectivity index (χ1v) is 8.16. The highest BCUT2D eigenvalue weighted by Crippen LogP contribution is 2.43. The Morgan fingerprint density at radius 3 is 2.39 bits per heavy atom. The number of rotatable bonds is 4. The molecule has 1 aliphatic carbocycles. The van der Waals surface area contributed by atoms with Crippen LogP contribution in [0.5, 0.6) is 0 Å². The molecule has 1 fully saturated rings. The summed E-state index contributed by atoms with van der Waals surface area (Å²) in [5.74, 6) is -0.673. The van der Waals surface area contributed by atoms with Gasteiger partial charge in [0, 0.05) is 10.6 Å². The molecule has 3 rings (SSSR count). The zero-order valence-corrected chi connectivity index (χ0v) is 13.5. The van der Waals surface area contributed by atoms with Gasteiger partial charge in [-0.15, -0.1) is 0 Å². The van der Waals surface area contributed by atoms with Gasteiger partial charge in [0.15, 0.2) is 0 Å². The van der Waals surface area contributed by atoms with Crippen molar-refractivity contribution < 1.29 is 13.9 Å². The molecule has 0 amide bonds. The Hall–Kier alpha value is -1.87. The van der Waals surface area contributed by atoms with Gasteiger partial charge in [0.2, 0.25) is 0 Å². The summed E-state index contributed by atoms with van der Waals surface area (Å²) < 4.78 is 19.7. The fraction of sp³-hybridized carbons (Fsp3) is 0.316. The van der Waals surface area contributed by atoms with Crippen molar-refractivity contribution in [2.45, 2.75) is 37.7 Å². The third-order valence-electron chi connectivity index (χ3n) is 4.52. The molecule has 0 N–H and O–H groups in total. The van der Waals surface area contributed by atoms with Crippen molar-refractivity contribution in [2.24, 2.45) is 0 Å². The summed E-state index contributed by atoms with van der Waals surface area (Å²) >= 11 is 5.85. The van der Waals surface area contributed by atoms with Gasteiger partial charge in [-0.3, -0.25) is 4.79 Å². The van der Waals surface area contributed by atoms with Crippen molar-refractivity contribution in [1.82, 2.24) is 0 Å². The predicted molar refractivity (Wildman–Crippen MR) is 87.8 cm³/mol. The molecule has 23 heavy (non-hydrogen) atoms. The average molecular weight is 333 g/mol. The van der Waals surface area contributed by atoms with Gasteiger partial charge in [-0.25, -0.2) is 4.39 Å². The number of halogens is 2. The van der Waals surface area contributed by atoms with Crippen LogP contribution in [-0.2, 0) is 21.6 Å². The second kappa shape index (κ2) is 6.71. The minimum Gasteiger partial charge on any atom is -0.460 e. The van der Waals surface area contributed by atoms with E-state index in [-0.39, 0.29) is 18.4 Å². The number of carbonyl (C=O) groups is 1. The zero-order valence-electron chi connectivity index (χ0n) is 12.7. The van der Waals surface area contributed by atoms with Gasteiger partial charge in [0.05, 0.1) is 5.41 Å². The van der Waals surface area contributed by atoms with Crippen LogP contribution in [0.4, 0.5) is 4.39 Å². The molecule has 0 bridgehead atoms. The lowest BCUT2D eigenvalue weighted by Gasteiger charge is -2.27. The van der Waals surface area contributed by atoms with Crippen LogP contribution in [0.25, 0.3) is 0 Å². The van der Waals surface area contributed by atoms with Gasteiger partial charge >= 0.3 is 5.97 Å². The minimum atomic E-state index is -0.849. The van der Waals surface area contributed by atoms with Crippen molar-refractivity contribution >= 4 is 17.6 Å². The van der Waals surface area contributed by atoms with E-state index in [1.165, 1.54) is 6.07 Å². The van der Waals surface area contributed by atoms with Crippen LogP contribution >= 0.6 is 11.6 Å². The van der Waals surface area contributed by atoms with E-state index in [9.17, 15) is 9.18 Å². The first kappa shape index (κ1) is 16.0. The largest absolute Gasteiger partial charge is 0.460 e. The Morgan fingerprint density at radius 2 is 1.74 bits per heavy atom. The lowest BCUT2D eigenvalue weighted by atomic mass is 9.78. The van der Waals surface area contributed by atoms with Crippen LogP contribution in [0.3, 0.4) is 0 Å². The van der Waals surface area contributed by atoms with Crippen LogP contribution in [0.1, 0.15) is 36.8 Å². The summed E-state index contributed by atoms with van der Waals surface area (Å²) in [7, 11) is 0. The van der Waals surface area contributed by atoms with Crippen molar-refractivity contribution in [1.29, 1.82) is 0 Å². The van der Waals surface area contributed by atoms with Crippen LogP contribution in [0, 0.1) is 5.82 Å². The smallest absolute Gasteiger partial charge is 0.317 e. The topological polar surface area (TPSA) is 26.3 Å². The maximum absolute atomic E-state index is 14.2. The van der Waals surface area contributed by atoms with E-state index < -0.39 is 5.41 Å². The summed E-state index contributed by atoms with van der Waals surface area (Å²) in [5.41, 5.74) is 0.473. The Kier molecular flexibility index (Phi) is 4.67. The minimum absolute atomic E-state index is 0.173. The maximum Gasteiger partial charge on any atom is 0.317 e. The molecule has 0 heterocycles. The van der Waals surface area contributed by atoms with Crippen molar-refractivity contribution in [3.8, 4) is 0 Å². The Morgan fingerprint density at radius 1 is 1.09 bits per heavy atom. The zero-order chi connectivity index (χ0) is 16.3. The summed E-state index contributed by atoms with van der Waals surface area (Å²) in [4.78, 5) is 12.7. The van der Waals surface area contributed by atoms with Crippen molar-refractivity contribution in [2.75, 3.05) is 0 Å². The van der Waals surface area contributed by atoms with Gasteiger partial charge in [-0.1, -0.05) is 54.8 Å². The normalized spacial score (nSPS) is 16.3.